The van der Waals surface area contributed by atoms with Crippen molar-refractivity contribution in [2.75, 3.05) is 14.2 Å². The van der Waals surface area contributed by atoms with Gasteiger partial charge in [-0.15, -0.1) is 6.58 Å². The maximum atomic E-state index is 6.63. The second-order valence-electron chi connectivity index (χ2n) is 8.18. The Labute approximate surface area is 163 Å². The van der Waals surface area contributed by atoms with Gasteiger partial charge in [-0.25, -0.2) is 0 Å². The SMILES string of the molecule is C=C[C@]12C=C(O[Si](C)(C)C)CC[C@H]1CCc1c(Cl)cc(OC)c(OC)c12. The van der Waals surface area contributed by atoms with E-state index in [-0.39, 0.29) is 5.41 Å². The van der Waals surface area contributed by atoms with E-state index in [4.69, 9.17) is 25.5 Å². The topological polar surface area (TPSA) is 27.7 Å². The minimum Gasteiger partial charge on any atom is -0.548 e. The average Bonchev–Trinajstić information content (AvgIpc) is 2.59. The Balaban J connectivity index is 2.26. The average molecular weight is 393 g/mol. The van der Waals surface area contributed by atoms with Gasteiger partial charge >= 0.3 is 0 Å². The zero-order valence-electron chi connectivity index (χ0n) is 16.4. The third kappa shape index (κ3) is 3.18. The summed E-state index contributed by atoms with van der Waals surface area (Å²) in [5, 5.41) is 0.740. The van der Waals surface area contributed by atoms with Crippen molar-refractivity contribution in [3.05, 3.63) is 46.7 Å². The van der Waals surface area contributed by atoms with Crippen LogP contribution in [0.4, 0.5) is 0 Å². The van der Waals surface area contributed by atoms with Crippen LogP contribution in [-0.4, -0.2) is 22.5 Å². The highest BCUT2D eigenvalue weighted by atomic mass is 35.5. The highest BCUT2D eigenvalue weighted by Gasteiger charge is 2.46. The summed E-state index contributed by atoms with van der Waals surface area (Å²) in [6, 6.07) is 1.86. The second kappa shape index (κ2) is 6.97. The van der Waals surface area contributed by atoms with Crippen LogP contribution in [0.5, 0.6) is 11.5 Å². The van der Waals surface area contributed by atoms with Crippen molar-refractivity contribution < 1.29 is 13.9 Å². The van der Waals surface area contributed by atoms with Crippen molar-refractivity contribution in [1.29, 1.82) is 0 Å². The lowest BCUT2D eigenvalue weighted by molar-refractivity contribution is 0.254. The quantitative estimate of drug-likeness (QED) is 0.463. The Morgan fingerprint density at radius 2 is 1.88 bits per heavy atom. The molecule has 0 heterocycles. The number of ether oxygens (including phenoxy) is 2. The molecule has 142 valence electrons. The molecule has 0 radical (unpaired) electrons. The van der Waals surface area contributed by atoms with E-state index in [0.29, 0.717) is 11.7 Å². The number of hydrogen-bond donors (Lipinski definition) is 0. The smallest absolute Gasteiger partial charge is 0.241 e. The van der Waals surface area contributed by atoms with Crippen LogP contribution in [0.2, 0.25) is 24.7 Å². The normalized spacial score (nSPS) is 24.8. The Morgan fingerprint density at radius 1 is 1.19 bits per heavy atom. The minimum atomic E-state index is -1.67. The van der Waals surface area contributed by atoms with Gasteiger partial charge in [0.15, 0.2) is 11.5 Å². The van der Waals surface area contributed by atoms with Crippen LogP contribution in [0.25, 0.3) is 0 Å². The van der Waals surface area contributed by atoms with Gasteiger partial charge in [-0.2, -0.15) is 0 Å². The first-order chi connectivity index (χ1) is 12.3. The number of halogens is 1. The minimum absolute atomic E-state index is 0.329. The summed E-state index contributed by atoms with van der Waals surface area (Å²) in [5.74, 6) is 2.99. The van der Waals surface area contributed by atoms with Crippen molar-refractivity contribution in [3.63, 3.8) is 0 Å². The maximum absolute atomic E-state index is 6.63. The molecule has 2 atom stereocenters. The molecular formula is C21H29ClO3Si. The Hall–Kier alpha value is -1.39. The van der Waals surface area contributed by atoms with Crippen LogP contribution in [0, 0.1) is 5.92 Å². The number of hydrogen-bond acceptors (Lipinski definition) is 3. The molecule has 3 rings (SSSR count). The highest BCUT2D eigenvalue weighted by Crippen LogP contribution is 2.56. The zero-order valence-corrected chi connectivity index (χ0v) is 18.2. The molecule has 0 aromatic heterocycles. The molecular weight excluding hydrogens is 364 g/mol. The van der Waals surface area contributed by atoms with E-state index in [9.17, 15) is 0 Å². The maximum Gasteiger partial charge on any atom is 0.241 e. The van der Waals surface area contributed by atoms with E-state index in [1.807, 2.05) is 6.07 Å². The van der Waals surface area contributed by atoms with E-state index in [0.717, 1.165) is 53.3 Å². The van der Waals surface area contributed by atoms with Gasteiger partial charge in [-0.05, 0) is 56.5 Å². The molecule has 0 unspecified atom stereocenters. The largest absolute Gasteiger partial charge is 0.548 e. The molecule has 0 aliphatic heterocycles. The molecule has 2 aliphatic carbocycles. The highest BCUT2D eigenvalue weighted by molar-refractivity contribution is 6.70. The predicted molar refractivity (Wildman–Crippen MR) is 110 cm³/mol. The summed E-state index contributed by atoms with van der Waals surface area (Å²) >= 11 is 6.63. The molecule has 2 aliphatic rings. The third-order valence-corrected chi connectivity index (χ3v) is 6.70. The second-order valence-corrected chi connectivity index (χ2v) is 13.0. The van der Waals surface area contributed by atoms with E-state index < -0.39 is 8.32 Å². The fourth-order valence-electron chi connectivity index (χ4n) is 4.50. The van der Waals surface area contributed by atoms with Gasteiger partial charge in [0.2, 0.25) is 8.32 Å². The first-order valence-corrected chi connectivity index (χ1v) is 13.0. The first-order valence-electron chi connectivity index (χ1n) is 9.24. The third-order valence-electron chi connectivity index (χ3n) is 5.49. The van der Waals surface area contributed by atoms with Crippen molar-refractivity contribution in [2.45, 2.75) is 50.7 Å². The fraction of sp³-hybridized carbons (Fsp3) is 0.524. The van der Waals surface area contributed by atoms with Gasteiger partial charge < -0.3 is 13.9 Å². The van der Waals surface area contributed by atoms with E-state index in [1.165, 1.54) is 0 Å². The summed E-state index contributed by atoms with van der Waals surface area (Å²) in [6.45, 7) is 10.9. The fourth-order valence-corrected chi connectivity index (χ4v) is 5.73. The summed E-state index contributed by atoms with van der Waals surface area (Å²) in [4.78, 5) is 0. The van der Waals surface area contributed by atoms with Crippen molar-refractivity contribution >= 4 is 19.9 Å². The lowest BCUT2D eigenvalue weighted by Gasteiger charge is -2.46. The van der Waals surface area contributed by atoms with Crippen LogP contribution < -0.4 is 9.47 Å². The van der Waals surface area contributed by atoms with Crippen LogP contribution in [0.3, 0.4) is 0 Å². The molecule has 0 saturated carbocycles. The summed E-state index contributed by atoms with van der Waals surface area (Å²) in [6.07, 6.45) is 8.45. The van der Waals surface area contributed by atoms with Crippen molar-refractivity contribution in [2.24, 2.45) is 5.92 Å². The van der Waals surface area contributed by atoms with E-state index in [1.54, 1.807) is 14.2 Å². The lowest BCUT2D eigenvalue weighted by atomic mass is 9.59. The lowest BCUT2D eigenvalue weighted by Crippen LogP contribution is -2.40. The van der Waals surface area contributed by atoms with Crippen molar-refractivity contribution in [1.82, 2.24) is 0 Å². The summed E-state index contributed by atoms with van der Waals surface area (Å²) in [5.41, 5.74) is 1.92. The van der Waals surface area contributed by atoms with Gasteiger partial charge in [-0.1, -0.05) is 17.7 Å². The monoisotopic (exact) mass is 392 g/mol. The first kappa shape index (κ1) is 19.4. The van der Waals surface area contributed by atoms with Crippen LogP contribution in [0.1, 0.15) is 30.4 Å². The molecule has 5 heteroatoms. The molecule has 26 heavy (non-hydrogen) atoms. The van der Waals surface area contributed by atoms with E-state index >= 15 is 0 Å². The Morgan fingerprint density at radius 3 is 2.46 bits per heavy atom. The zero-order chi connectivity index (χ0) is 19.1. The Bertz CT molecular complexity index is 751. The van der Waals surface area contributed by atoms with Gasteiger partial charge in [-0.3, -0.25) is 0 Å². The number of methoxy groups -OCH3 is 2. The molecule has 0 saturated heterocycles. The van der Waals surface area contributed by atoms with Crippen LogP contribution in [0.15, 0.2) is 30.6 Å². The van der Waals surface area contributed by atoms with E-state index in [2.05, 4.69) is 38.4 Å². The molecule has 0 spiro atoms. The predicted octanol–water partition coefficient (Wildman–Crippen LogP) is 5.87. The number of benzene rings is 1. The standard InChI is InChI=1S/C21H29ClO3Si/c1-7-21-13-15(25-26(4,5)6)10-8-14(21)9-11-16-17(22)12-18(23-2)20(24-3)19(16)21/h7,12-14H,1,8-11H2,2-6H3/t14-,21-/m0/s1. The van der Waals surface area contributed by atoms with Crippen LogP contribution in [-0.2, 0) is 16.3 Å². The number of allylic oxidation sites excluding steroid dienone is 3. The van der Waals surface area contributed by atoms with Gasteiger partial charge in [0, 0.05) is 28.5 Å². The molecule has 0 N–H and O–H groups in total. The van der Waals surface area contributed by atoms with Gasteiger partial charge in [0.25, 0.3) is 0 Å². The Kier molecular flexibility index (Phi) is 5.19. The number of fused-ring (bicyclic) bond motifs is 3. The van der Waals surface area contributed by atoms with Crippen LogP contribution >= 0.6 is 11.6 Å². The molecule has 0 bridgehead atoms. The van der Waals surface area contributed by atoms with Gasteiger partial charge in [0.1, 0.15) is 0 Å². The molecule has 0 fully saturated rings. The van der Waals surface area contributed by atoms with Crippen molar-refractivity contribution in [3.8, 4) is 11.5 Å². The molecule has 1 aromatic rings. The van der Waals surface area contributed by atoms with Gasteiger partial charge in [0.05, 0.1) is 20.0 Å². The number of rotatable bonds is 5. The summed E-state index contributed by atoms with van der Waals surface area (Å²) < 4.78 is 17.8. The molecule has 1 aromatic carbocycles. The molecule has 3 nitrogen and oxygen atoms in total. The molecule has 0 amide bonds. The summed E-state index contributed by atoms with van der Waals surface area (Å²) in [7, 11) is 1.67.